The van der Waals surface area contributed by atoms with E-state index in [0.29, 0.717) is 19.6 Å². The van der Waals surface area contributed by atoms with Crippen molar-refractivity contribution in [3.8, 4) is 0 Å². The Kier molecular flexibility index (Phi) is 4.46. The van der Waals surface area contributed by atoms with Crippen molar-refractivity contribution in [3.63, 3.8) is 0 Å². The standard InChI is InChI=1S/C12H14NO4/c14-5-4-10-2-1-3-11(8-10)13-17-9-12-15-6-7-16-12/h1-2,8,12H,3-4,6-7,9H2. The fourth-order valence-corrected chi connectivity index (χ4v) is 1.59. The molecule has 1 heterocycles. The van der Waals surface area contributed by atoms with Gasteiger partial charge in [-0.1, -0.05) is 17.3 Å². The summed E-state index contributed by atoms with van der Waals surface area (Å²) < 4.78 is 10.4. The lowest BCUT2D eigenvalue weighted by atomic mass is 10.0. The number of allylic oxidation sites excluding steroid dienone is 4. The predicted molar refractivity (Wildman–Crippen MR) is 61.2 cm³/mol. The van der Waals surface area contributed by atoms with Gasteiger partial charge < -0.3 is 14.3 Å². The summed E-state index contributed by atoms with van der Waals surface area (Å²) in [5.41, 5.74) is 1.68. The van der Waals surface area contributed by atoms with Gasteiger partial charge in [0.25, 0.3) is 0 Å². The van der Waals surface area contributed by atoms with Crippen molar-refractivity contribution in [1.29, 1.82) is 0 Å². The molecule has 0 amide bonds. The van der Waals surface area contributed by atoms with E-state index in [4.69, 9.17) is 14.3 Å². The van der Waals surface area contributed by atoms with Crippen molar-refractivity contribution in [2.45, 2.75) is 19.1 Å². The van der Waals surface area contributed by atoms with Gasteiger partial charge >= 0.3 is 0 Å². The van der Waals surface area contributed by atoms with Crippen molar-refractivity contribution >= 4 is 12.0 Å². The van der Waals surface area contributed by atoms with Crippen LogP contribution in [0.5, 0.6) is 0 Å². The summed E-state index contributed by atoms with van der Waals surface area (Å²) >= 11 is 0. The average Bonchev–Trinajstić information content (AvgIpc) is 2.83. The second-order valence-electron chi connectivity index (χ2n) is 3.70. The summed E-state index contributed by atoms with van der Waals surface area (Å²) in [6.45, 7) is 1.50. The summed E-state index contributed by atoms with van der Waals surface area (Å²) in [4.78, 5) is 15.4. The molecular weight excluding hydrogens is 222 g/mol. The Morgan fingerprint density at radius 3 is 3.06 bits per heavy atom. The smallest absolute Gasteiger partial charge is 0.203 e. The summed E-state index contributed by atoms with van der Waals surface area (Å²) in [7, 11) is 0. The highest BCUT2D eigenvalue weighted by molar-refractivity contribution is 5.98. The molecule has 0 saturated carbocycles. The van der Waals surface area contributed by atoms with Crippen LogP contribution < -0.4 is 0 Å². The SMILES string of the molecule is O=[C]CC1=CC(=NOCC2OCCO2)CC=C1. The molecule has 5 heteroatoms. The summed E-state index contributed by atoms with van der Waals surface area (Å²) in [6, 6.07) is 0. The van der Waals surface area contributed by atoms with Gasteiger partial charge in [-0.2, -0.15) is 0 Å². The number of ether oxygens (including phenoxy) is 2. The summed E-state index contributed by atoms with van der Waals surface area (Å²) in [5.74, 6) is 0. The molecule has 0 unspecified atom stereocenters. The second kappa shape index (κ2) is 6.32. The molecule has 0 aromatic rings. The molecule has 5 nitrogen and oxygen atoms in total. The number of hydrogen-bond donors (Lipinski definition) is 0. The van der Waals surface area contributed by atoms with E-state index in [0.717, 1.165) is 11.3 Å². The van der Waals surface area contributed by atoms with Gasteiger partial charge in [0.2, 0.25) is 6.29 Å². The Bertz CT molecular complexity index is 354. The normalized spacial score (nSPS) is 22.8. The fraction of sp³-hybridized carbons (Fsp3) is 0.500. The molecule has 17 heavy (non-hydrogen) atoms. The molecule has 1 saturated heterocycles. The molecule has 2 aliphatic rings. The first kappa shape index (κ1) is 12.0. The molecule has 1 radical (unpaired) electrons. The van der Waals surface area contributed by atoms with Gasteiger partial charge in [-0.25, -0.2) is 0 Å². The van der Waals surface area contributed by atoms with Crippen molar-refractivity contribution < 1.29 is 19.1 Å². The van der Waals surface area contributed by atoms with E-state index < -0.39 is 0 Å². The van der Waals surface area contributed by atoms with Gasteiger partial charge in [0, 0.05) is 12.8 Å². The molecular formula is C12H14NO4. The highest BCUT2D eigenvalue weighted by Gasteiger charge is 2.16. The van der Waals surface area contributed by atoms with E-state index >= 15 is 0 Å². The van der Waals surface area contributed by atoms with E-state index in [2.05, 4.69) is 5.16 Å². The molecule has 0 aromatic carbocycles. The summed E-state index contributed by atoms with van der Waals surface area (Å²) in [6.07, 6.45) is 8.20. The van der Waals surface area contributed by atoms with Gasteiger partial charge in [-0.15, -0.1) is 0 Å². The Balaban J connectivity index is 1.80. The number of nitrogens with zero attached hydrogens (tertiary/aromatic N) is 1. The monoisotopic (exact) mass is 236 g/mol. The second-order valence-corrected chi connectivity index (χ2v) is 3.70. The quantitative estimate of drug-likeness (QED) is 0.671. The Morgan fingerprint density at radius 1 is 1.47 bits per heavy atom. The number of carbonyl (C=O) groups excluding carboxylic acids is 1. The highest BCUT2D eigenvalue weighted by atomic mass is 16.7. The zero-order chi connectivity index (χ0) is 11.9. The van der Waals surface area contributed by atoms with E-state index in [1.54, 1.807) is 0 Å². The maximum atomic E-state index is 10.3. The molecule has 0 N–H and O–H groups in total. The third-order valence-electron chi connectivity index (χ3n) is 2.37. The minimum atomic E-state index is -0.315. The highest BCUT2D eigenvalue weighted by Crippen LogP contribution is 2.11. The van der Waals surface area contributed by atoms with Crippen LogP contribution in [-0.2, 0) is 19.1 Å². The van der Waals surface area contributed by atoms with Crippen molar-refractivity contribution in [2.24, 2.45) is 5.16 Å². The van der Waals surface area contributed by atoms with Crippen LogP contribution in [-0.4, -0.2) is 38.1 Å². The molecule has 1 fully saturated rings. The number of oxime groups is 1. The van der Waals surface area contributed by atoms with Gasteiger partial charge in [0.1, 0.15) is 0 Å². The van der Waals surface area contributed by atoms with Gasteiger partial charge in [0.05, 0.1) is 18.9 Å². The van der Waals surface area contributed by atoms with Crippen LogP contribution in [0.3, 0.4) is 0 Å². The largest absolute Gasteiger partial charge is 0.390 e. The van der Waals surface area contributed by atoms with Gasteiger partial charge in [-0.3, -0.25) is 4.79 Å². The van der Waals surface area contributed by atoms with Crippen LogP contribution in [0.2, 0.25) is 0 Å². The average molecular weight is 236 g/mol. The molecule has 1 aliphatic carbocycles. The maximum absolute atomic E-state index is 10.3. The number of rotatable bonds is 5. The zero-order valence-corrected chi connectivity index (χ0v) is 9.43. The van der Waals surface area contributed by atoms with Crippen molar-refractivity contribution in [1.82, 2.24) is 0 Å². The minimum Gasteiger partial charge on any atom is -0.390 e. The van der Waals surface area contributed by atoms with Crippen molar-refractivity contribution in [2.75, 3.05) is 19.8 Å². The van der Waals surface area contributed by atoms with Crippen molar-refractivity contribution in [3.05, 3.63) is 23.8 Å². The fourth-order valence-electron chi connectivity index (χ4n) is 1.59. The van der Waals surface area contributed by atoms with Gasteiger partial charge in [0.15, 0.2) is 12.9 Å². The maximum Gasteiger partial charge on any atom is 0.203 e. The lowest BCUT2D eigenvalue weighted by Crippen LogP contribution is -2.15. The molecule has 2 rings (SSSR count). The predicted octanol–water partition coefficient (Wildman–Crippen LogP) is 1.12. The van der Waals surface area contributed by atoms with Crippen LogP contribution in [0.25, 0.3) is 0 Å². The van der Waals surface area contributed by atoms with Gasteiger partial charge in [-0.05, 0) is 11.6 Å². The third-order valence-corrected chi connectivity index (χ3v) is 2.37. The lowest BCUT2D eigenvalue weighted by molar-refractivity contribution is -0.0934. The Morgan fingerprint density at radius 2 is 2.29 bits per heavy atom. The zero-order valence-electron chi connectivity index (χ0n) is 9.43. The molecule has 0 atom stereocenters. The molecule has 0 aromatic heterocycles. The first-order valence-electron chi connectivity index (χ1n) is 5.52. The van der Waals surface area contributed by atoms with E-state index in [1.807, 2.05) is 24.5 Å². The topological polar surface area (TPSA) is 57.1 Å². The van der Waals surface area contributed by atoms with E-state index in [1.165, 1.54) is 0 Å². The first-order chi connectivity index (χ1) is 8.38. The lowest BCUT2D eigenvalue weighted by Gasteiger charge is -2.09. The van der Waals surface area contributed by atoms with Crippen LogP contribution >= 0.6 is 0 Å². The molecule has 0 bridgehead atoms. The molecule has 91 valence electrons. The van der Waals surface area contributed by atoms with Crippen LogP contribution in [0.4, 0.5) is 0 Å². The first-order valence-corrected chi connectivity index (χ1v) is 5.52. The summed E-state index contributed by atoms with van der Waals surface area (Å²) in [5, 5.41) is 3.98. The van der Waals surface area contributed by atoms with Crippen LogP contribution in [0.1, 0.15) is 12.8 Å². The minimum absolute atomic E-state index is 0.282. The molecule has 1 aliphatic heterocycles. The van der Waals surface area contributed by atoms with E-state index in [-0.39, 0.29) is 19.3 Å². The Hall–Kier alpha value is -1.46. The van der Waals surface area contributed by atoms with Crippen LogP contribution in [0, 0.1) is 0 Å². The van der Waals surface area contributed by atoms with E-state index in [9.17, 15) is 4.79 Å². The Labute approximate surface area is 99.7 Å². The number of hydrogen-bond acceptors (Lipinski definition) is 5. The van der Waals surface area contributed by atoms with Crippen LogP contribution in [0.15, 0.2) is 29.0 Å². The third kappa shape index (κ3) is 3.80. The molecule has 0 spiro atoms.